The second-order valence-electron chi connectivity index (χ2n) is 15.2. The first-order valence-electron chi connectivity index (χ1n) is 17.7. The number of amides is 4. The Bertz CT molecular complexity index is 1860. The molecule has 4 aliphatic rings. The Kier molecular flexibility index (Phi) is 10.4. The second-order valence-corrected chi connectivity index (χ2v) is 17.1. The van der Waals surface area contributed by atoms with Crippen molar-refractivity contribution in [1.82, 2.24) is 30.1 Å². The largest absolute Gasteiger partial charge is 0.497 e. The van der Waals surface area contributed by atoms with E-state index in [9.17, 15) is 27.6 Å². The zero-order valence-electron chi connectivity index (χ0n) is 30.2. The maximum Gasteiger partial charge on any atom is 0.408 e. The molecule has 16 heteroatoms. The molecular weight excluding hydrogens is 692 g/mol. The quantitative estimate of drug-likeness (QED) is 0.354. The van der Waals surface area contributed by atoms with E-state index in [0.29, 0.717) is 49.2 Å². The number of carbonyl (C=O) groups is 4. The van der Waals surface area contributed by atoms with Crippen molar-refractivity contribution in [1.29, 1.82) is 0 Å². The number of nitrogens with one attached hydrogen (secondary N) is 3. The van der Waals surface area contributed by atoms with E-state index in [4.69, 9.17) is 14.2 Å². The average molecular weight is 741 g/mol. The number of aromatic nitrogens is 1. The molecule has 3 fully saturated rings. The molecule has 0 bridgehead atoms. The van der Waals surface area contributed by atoms with Crippen molar-refractivity contribution in [3.8, 4) is 11.6 Å². The van der Waals surface area contributed by atoms with E-state index >= 15 is 0 Å². The number of ether oxygens (including phenoxy) is 3. The van der Waals surface area contributed by atoms with Crippen LogP contribution >= 0.6 is 0 Å². The van der Waals surface area contributed by atoms with Gasteiger partial charge in [0.15, 0.2) is 0 Å². The molecular formula is C36H48N6O9S. The van der Waals surface area contributed by atoms with Crippen molar-refractivity contribution < 1.29 is 41.8 Å². The van der Waals surface area contributed by atoms with Gasteiger partial charge < -0.3 is 34.6 Å². The Morgan fingerprint density at radius 2 is 1.88 bits per heavy atom. The summed E-state index contributed by atoms with van der Waals surface area (Å²) in [5, 5.41) is 6.48. The number of hydrogen-bond donors (Lipinski definition) is 3. The van der Waals surface area contributed by atoms with Gasteiger partial charge in [-0.15, -0.1) is 0 Å². The van der Waals surface area contributed by atoms with Crippen molar-refractivity contribution >= 4 is 44.6 Å². The number of nitrogens with zero attached hydrogens (tertiary/aromatic N) is 3. The normalized spacial score (nSPS) is 27.4. The van der Waals surface area contributed by atoms with Crippen molar-refractivity contribution in [3.63, 3.8) is 0 Å². The van der Waals surface area contributed by atoms with Crippen LogP contribution in [-0.2, 0) is 29.1 Å². The van der Waals surface area contributed by atoms with Crippen molar-refractivity contribution in [2.24, 2.45) is 5.92 Å². The predicted octanol–water partition coefficient (Wildman–Crippen LogP) is 2.25. The van der Waals surface area contributed by atoms with Crippen LogP contribution in [0.4, 0.5) is 4.79 Å². The number of allylic oxidation sites excluding steroid dienone is 1. The number of likely N-dealkylation sites (N-methyl/N-ethyl adjacent to an activating group) is 1. The molecule has 0 spiro atoms. The Morgan fingerprint density at radius 3 is 2.60 bits per heavy atom. The van der Waals surface area contributed by atoms with Crippen LogP contribution in [-0.4, -0.2) is 115 Å². The van der Waals surface area contributed by atoms with E-state index in [0.717, 1.165) is 5.39 Å². The molecule has 2 aromatic rings. The second kappa shape index (κ2) is 14.5. The summed E-state index contributed by atoms with van der Waals surface area (Å²) in [6.07, 6.45) is 6.43. The molecule has 6 rings (SSSR count). The smallest absolute Gasteiger partial charge is 0.408 e. The van der Waals surface area contributed by atoms with Crippen molar-refractivity contribution in [2.75, 3.05) is 33.8 Å². The molecule has 1 aromatic carbocycles. The first kappa shape index (κ1) is 37.3. The highest BCUT2D eigenvalue weighted by molar-refractivity contribution is 7.91. The van der Waals surface area contributed by atoms with Crippen molar-refractivity contribution in [3.05, 3.63) is 42.6 Å². The molecule has 282 valence electrons. The molecule has 2 saturated carbocycles. The number of methoxy groups -OCH3 is 1. The zero-order chi connectivity index (χ0) is 37.4. The van der Waals surface area contributed by atoms with Gasteiger partial charge in [0.2, 0.25) is 27.7 Å². The van der Waals surface area contributed by atoms with Crippen LogP contribution in [0.15, 0.2) is 42.6 Å². The Hall–Kier alpha value is -4.44. The minimum atomic E-state index is -3.89. The number of fused-ring (bicyclic) bond motifs is 3. The van der Waals surface area contributed by atoms with Crippen LogP contribution in [0.2, 0.25) is 0 Å². The van der Waals surface area contributed by atoms with Gasteiger partial charge in [-0.25, -0.2) is 18.2 Å². The van der Waals surface area contributed by atoms with Gasteiger partial charge in [0.25, 0.3) is 5.91 Å². The molecule has 3 heterocycles. The highest BCUT2D eigenvalue weighted by atomic mass is 32.2. The van der Waals surface area contributed by atoms with E-state index < -0.39 is 74.3 Å². The van der Waals surface area contributed by atoms with E-state index in [-0.39, 0.29) is 25.9 Å². The third-order valence-corrected chi connectivity index (χ3v) is 11.6. The fourth-order valence-electron chi connectivity index (χ4n) is 6.83. The van der Waals surface area contributed by atoms with Crippen LogP contribution in [0.3, 0.4) is 0 Å². The van der Waals surface area contributed by atoms with Crippen LogP contribution in [0.25, 0.3) is 10.8 Å². The number of sulfonamides is 1. The van der Waals surface area contributed by atoms with Gasteiger partial charge in [-0.2, -0.15) is 0 Å². The first-order chi connectivity index (χ1) is 24.6. The summed E-state index contributed by atoms with van der Waals surface area (Å²) >= 11 is 0. The number of carbonyl (C=O) groups excluding carboxylic acids is 4. The van der Waals surface area contributed by atoms with Crippen LogP contribution in [0, 0.1) is 5.92 Å². The van der Waals surface area contributed by atoms with Gasteiger partial charge >= 0.3 is 6.09 Å². The Morgan fingerprint density at radius 1 is 1.12 bits per heavy atom. The van der Waals surface area contributed by atoms with E-state index in [1.165, 1.54) is 4.90 Å². The summed E-state index contributed by atoms with van der Waals surface area (Å²) in [6.45, 7) is 5.86. The maximum atomic E-state index is 14.5. The molecule has 4 amide bonds. The summed E-state index contributed by atoms with van der Waals surface area (Å²) in [4.78, 5) is 63.3. The maximum absolute atomic E-state index is 14.5. The number of alkyl carbamates (subject to hydrolysis) is 1. The molecule has 2 aliphatic carbocycles. The summed E-state index contributed by atoms with van der Waals surface area (Å²) in [6, 6.07) is 5.05. The highest BCUT2D eigenvalue weighted by Gasteiger charge is 2.62. The standard InChI is InChI=1S/C36H48N6O9S/c1-35(2,3)51-34(46)38-28-21-41(4)16-8-6-7-9-23-19-36(23,33(45)40-52(47,48)26-11-12-26)39-30(43)29-18-25(20-42(29)32(28)44)50-31-27-13-10-24(49-5)17-22(27)14-15-37-31/h7,9-10,13-15,17,23,25-26,28-29H,6,8,11-12,16,18-21H2,1-5H3,(H,38,46)(H,39,43)(H,40,45)/t23?,25?,28-,29-,36+/m0/s1. The fourth-order valence-corrected chi connectivity index (χ4v) is 8.19. The summed E-state index contributed by atoms with van der Waals surface area (Å²) in [5.41, 5.74) is -2.33. The molecule has 0 radical (unpaired) electrons. The molecule has 2 unspecified atom stereocenters. The minimum absolute atomic E-state index is 0.0278. The lowest BCUT2D eigenvalue weighted by Gasteiger charge is -2.32. The Labute approximate surface area is 303 Å². The number of benzene rings is 1. The van der Waals surface area contributed by atoms with E-state index in [1.54, 1.807) is 40.1 Å². The van der Waals surface area contributed by atoms with Crippen LogP contribution in [0.5, 0.6) is 11.6 Å². The van der Waals surface area contributed by atoms with E-state index in [1.807, 2.05) is 42.3 Å². The third kappa shape index (κ3) is 8.44. The molecule has 52 heavy (non-hydrogen) atoms. The first-order valence-corrected chi connectivity index (χ1v) is 19.3. The molecule has 1 aromatic heterocycles. The van der Waals surface area contributed by atoms with Crippen LogP contribution in [0.1, 0.15) is 59.3 Å². The lowest BCUT2D eigenvalue weighted by Crippen LogP contribution is -2.59. The minimum Gasteiger partial charge on any atom is -0.497 e. The average Bonchev–Trinajstić information content (AvgIpc) is 4.00. The Balaban J connectivity index is 1.32. The van der Waals surface area contributed by atoms with Gasteiger partial charge in [-0.1, -0.05) is 12.2 Å². The van der Waals surface area contributed by atoms with Gasteiger partial charge in [0.1, 0.15) is 35.1 Å². The molecule has 1 saturated heterocycles. The van der Waals surface area contributed by atoms with Crippen molar-refractivity contribution in [2.45, 2.75) is 93.9 Å². The molecule has 2 aliphatic heterocycles. The number of rotatable bonds is 7. The lowest BCUT2D eigenvalue weighted by atomic mass is 10.1. The van der Waals surface area contributed by atoms with E-state index in [2.05, 4.69) is 20.3 Å². The SMILES string of the molecule is COc1ccc2c(OC3C[C@H]4C(=O)N[C@]5(C(=O)NS(=O)(=O)C6CC6)CC5C=CCCCN(C)C[C@H](NC(=O)OC(C)(C)C)C(=O)N4C3)nccc2c1. The monoisotopic (exact) mass is 740 g/mol. The summed E-state index contributed by atoms with van der Waals surface area (Å²) in [7, 11) is -0.475. The molecule has 5 atom stereocenters. The van der Waals surface area contributed by atoms with Gasteiger partial charge in [0, 0.05) is 30.5 Å². The topological polar surface area (TPSA) is 186 Å². The number of hydrogen-bond acceptors (Lipinski definition) is 11. The predicted molar refractivity (Wildman–Crippen MR) is 191 cm³/mol. The van der Waals surface area contributed by atoms with Gasteiger partial charge in [-0.3, -0.25) is 19.1 Å². The van der Waals surface area contributed by atoms with Crippen LogP contribution < -0.4 is 24.8 Å². The zero-order valence-corrected chi connectivity index (χ0v) is 31.0. The number of pyridine rings is 1. The molecule has 15 nitrogen and oxygen atoms in total. The summed E-state index contributed by atoms with van der Waals surface area (Å²) in [5.74, 6) is -1.44. The van der Waals surface area contributed by atoms with Gasteiger partial charge in [0.05, 0.1) is 18.9 Å². The lowest BCUT2D eigenvalue weighted by molar-refractivity contribution is -0.141. The molecule has 3 N–H and O–H groups in total. The highest BCUT2D eigenvalue weighted by Crippen LogP contribution is 2.46. The fraction of sp³-hybridized carbons (Fsp3) is 0.583. The van der Waals surface area contributed by atoms with Gasteiger partial charge in [-0.05, 0) is 96.1 Å². The summed E-state index contributed by atoms with van der Waals surface area (Å²) < 4.78 is 45.1. The third-order valence-electron chi connectivity index (χ3n) is 9.79.